The monoisotopic (exact) mass is 253 g/mol. The van der Waals surface area contributed by atoms with E-state index in [-0.39, 0.29) is 12.1 Å². The van der Waals surface area contributed by atoms with Gasteiger partial charge in [0.15, 0.2) is 0 Å². The fraction of sp³-hybridized carbons (Fsp3) is 0.846. The standard InChI is InChI=1S/C13H23N3O2/c1-9(2)7-12-14-15-13(18-12)10(3)16-6-4-5-11(17)8-16/h9-11,17H,4-8H2,1-3H3. The number of rotatable bonds is 4. The first kappa shape index (κ1) is 13.5. The van der Waals surface area contributed by atoms with Gasteiger partial charge in [-0.15, -0.1) is 10.2 Å². The summed E-state index contributed by atoms with van der Waals surface area (Å²) < 4.78 is 5.70. The van der Waals surface area contributed by atoms with Gasteiger partial charge in [0, 0.05) is 13.0 Å². The van der Waals surface area contributed by atoms with E-state index in [0.717, 1.165) is 25.8 Å². The minimum absolute atomic E-state index is 0.0911. The van der Waals surface area contributed by atoms with Crippen molar-refractivity contribution in [1.29, 1.82) is 0 Å². The first-order valence-corrected chi connectivity index (χ1v) is 6.80. The van der Waals surface area contributed by atoms with Gasteiger partial charge in [0.1, 0.15) is 0 Å². The van der Waals surface area contributed by atoms with Crippen molar-refractivity contribution in [3.63, 3.8) is 0 Å². The number of piperidine rings is 1. The van der Waals surface area contributed by atoms with Gasteiger partial charge in [-0.25, -0.2) is 0 Å². The summed E-state index contributed by atoms with van der Waals surface area (Å²) in [5.41, 5.74) is 0. The lowest BCUT2D eigenvalue weighted by molar-refractivity contribution is 0.0435. The van der Waals surface area contributed by atoms with Gasteiger partial charge in [0.25, 0.3) is 0 Å². The summed E-state index contributed by atoms with van der Waals surface area (Å²) in [6, 6.07) is 0.0911. The van der Waals surface area contributed by atoms with Crippen LogP contribution in [0.4, 0.5) is 0 Å². The SMILES string of the molecule is CC(C)Cc1nnc(C(C)N2CCCC(O)C2)o1. The Morgan fingerprint density at radius 3 is 2.83 bits per heavy atom. The highest BCUT2D eigenvalue weighted by Crippen LogP contribution is 2.23. The van der Waals surface area contributed by atoms with E-state index >= 15 is 0 Å². The van der Waals surface area contributed by atoms with Gasteiger partial charge in [-0.05, 0) is 32.2 Å². The zero-order valence-corrected chi connectivity index (χ0v) is 11.5. The van der Waals surface area contributed by atoms with Crippen LogP contribution in [0.25, 0.3) is 0 Å². The largest absolute Gasteiger partial charge is 0.424 e. The second kappa shape index (κ2) is 5.80. The molecule has 2 atom stereocenters. The third-order valence-electron chi connectivity index (χ3n) is 3.40. The number of hydrogen-bond donors (Lipinski definition) is 1. The fourth-order valence-electron chi connectivity index (χ4n) is 2.36. The Morgan fingerprint density at radius 1 is 1.39 bits per heavy atom. The van der Waals surface area contributed by atoms with Gasteiger partial charge >= 0.3 is 0 Å². The van der Waals surface area contributed by atoms with Crippen LogP contribution in [-0.2, 0) is 6.42 Å². The lowest BCUT2D eigenvalue weighted by Crippen LogP contribution is -2.39. The van der Waals surface area contributed by atoms with Crippen LogP contribution in [-0.4, -0.2) is 39.4 Å². The molecular weight excluding hydrogens is 230 g/mol. The maximum Gasteiger partial charge on any atom is 0.233 e. The van der Waals surface area contributed by atoms with Gasteiger partial charge in [-0.2, -0.15) is 0 Å². The van der Waals surface area contributed by atoms with Gasteiger partial charge in [-0.3, -0.25) is 4.90 Å². The Morgan fingerprint density at radius 2 is 2.17 bits per heavy atom. The highest BCUT2D eigenvalue weighted by atomic mass is 16.4. The normalized spacial score (nSPS) is 23.5. The van der Waals surface area contributed by atoms with Crippen molar-refractivity contribution in [2.75, 3.05) is 13.1 Å². The molecule has 1 fully saturated rings. The van der Waals surface area contributed by atoms with E-state index in [1.54, 1.807) is 0 Å². The molecule has 2 unspecified atom stereocenters. The molecule has 1 aromatic heterocycles. The van der Waals surface area contributed by atoms with Crippen LogP contribution in [0.5, 0.6) is 0 Å². The van der Waals surface area contributed by atoms with E-state index < -0.39 is 0 Å². The van der Waals surface area contributed by atoms with Crippen LogP contribution < -0.4 is 0 Å². The topological polar surface area (TPSA) is 62.4 Å². The third-order valence-corrected chi connectivity index (χ3v) is 3.40. The minimum Gasteiger partial charge on any atom is -0.424 e. The molecule has 1 aliphatic heterocycles. The Kier molecular flexibility index (Phi) is 4.35. The molecule has 0 amide bonds. The molecule has 1 aromatic rings. The summed E-state index contributed by atoms with van der Waals surface area (Å²) in [5, 5.41) is 17.9. The molecule has 102 valence electrons. The summed E-state index contributed by atoms with van der Waals surface area (Å²) in [6.45, 7) is 8.01. The number of β-amino-alcohol motifs (C(OH)–C–C–N with tert-alkyl or cyclic N) is 1. The number of likely N-dealkylation sites (tertiary alicyclic amines) is 1. The maximum absolute atomic E-state index is 9.69. The highest BCUT2D eigenvalue weighted by molar-refractivity contribution is 4.91. The van der Waals surface area contributed by atoms with Gasteiger partial charge < -0.3 is 9.52 Å². The second-order valence-corrected chi connectivity index (χ2v) is 5.60. The zero-order chi connectivity index (χ0) is 13.1. The van der Waals surface area contributed by atoms with E-state index in [9.17, 15) is 5.11 Å². The minimum atomic E-state index is -0.223. The first-order chi connectivity index (χ1) is 8.56. The predicted octanol–water partition coefficient (Wildman–Crippen LogP) is 1.79. The number of aliphatic hydroxyl groups is 1. The summed E-state index contributed by atoms with van der Waals surface area (Å²) in [5.74, 6) is 1.90. The second-order valence-electron chi connectivity index (χ2n) is 5.60. The molecule has 0 aromatic carbocycles. The summed E-state index contributed by atoms with van der Waals surface area (Å²) in [6.07, 6.45) is 2.52. The number of hydrogen-bond acceptors (Lipinski definition) is 5. The first-order valence-electron chi connectivity index (χ1n) is 6.80. The van der Waals surface area contributed by atoms with Crippen LogP contribution in [0.3, 0.4) is 0 Å². The summed E-state index contributed by atoms with van der Waals surface area (Å²) in [7, 11) is 0. The molecule has 18 heavy (non-hydrogen) atoms. The Bertz CT molecular complexity index is 378. The van der Waals surface area contributed by atoms with Crippen molar-refractivity contribution in [1.82, 2.24) is 15.1 Å². The average molecular weight is 253 g/mol. The molecule has 0 radical (unpaired) electrons. The van der Waals surface area contributed by atoms with Crippen molar-refractivity contribution in [2.45, 2.75) is 52.2 Å². The zero-order valence-electron chi connectivity index (χ0n) is 11.5. The van der Waals surface area contributed by atoms with E-state index in [1.165, 1.54) is 0 Å². The van der Waals surface area contributed by atoms with Gasteiger partial charge in [-0.1, -0.05) is 13.8 Å². The van der Waals surface area contributed by atoms with E-state index in [0.29, 0.717) is 24.2 Å². The van der Waals surface area contributed by atoms with Crippen LogP contribution in [0.2, 0.25) is 0 Å². The van der Waals surface area contributed by atoms with Gasteiger partial charge in [0.2, 0.25) is 11.8 Å². The van der Waals surface area contributed by atoms with Crippen molar-refractivity contribution in [2.24, 2.45) is 5.92 Å². The lowest BCUT2D eigenvalue weighted by atomic mass is 10.1. The summed E-state index contributed by atoms with van der Waals surface area (Å²) in [4.78, 5) is 2.21. The van der Waals surface area contributed by atoms with Crippen molar-refractivity contribution >= 4 is 0 Å². The van der Waals surface area contributed by atoms with E-state index in [1.807, 2.05) is 0 Å². The maximum atomic E-state index is 9.69. The molecule has 2 heterocycles. The molecule has 0 bridgehead atoms. The molecule has 5 nitrogen and oxygen atoms in total. The Labute approximate surface area is 108 Å². The smallest absolute Gasteiger partial charge is 0.233 e. The van der Waals surface area contributed by atoms with Crippen LogP contribution in [0, 0.1) is 5.92 Å². The fourth-order valence-corrected chi connectivity index (χ4v) is 2.36. The molecule has 1 saturated heterocycles. The number of aliphatic hydroxyl groups excluding tert-OH is 1. The Hall–Kier alpha value is -0.940. The van der Waals surface area contributed by atoms with Crippen molar-refractivity contribution in [3.8, 4) is 0 Å². The molecule has 0 aliphatic carbocycles. The van der Waals surface area contributed by atoms with E-state index in [2.05, 4.69) is 35.9 Å². The van der Waals surface area contributed by atoms with Gasteiger partial charge in [0.05, 0.1) is 12.1 Å². The number of nitrogens with zero attached hydrogens (tertiary/aromatic N) is 3. The van der Waals surface area contributed by atoms with Crippen molar-refractivity contribution in [3.05, 3.63) is 11.8 Å². The van der Waals surface area contributed by atoms with Crippen LogP contribution in [0.1, 0.15) is 51.4 Å². The Balaban J connectivity index is 1.99. The van der Waals surface area contributed by atoms with E-state index in [4.69, 9.17) is 4.42 Å². The molecular formula is C13H23N3O2. The molecule has 0 spiro atoms. The van der Waals surface area contributed by atoms with Crippen LogP contribution in [0.15, 0.2) is 4.42 Å². The quantitative estimate of drug-likeness (QED) is 0.886. The highest BCUT2D eigenvalue weighted by Gasteiger charge is 2.26. The molecule has 5 heteroatoms. The van der Waals surface area contributed by atoms with Crippen LogP contribution >= 0.6 is 0 Å². The number of aromatic nitrogens is 2. The predicted molar refractivity (Wildman–Crippen MR) is 68.1 cm³/mol. The molecule has 0 saturated carbocycles. The molecule has 2 rings (SSSR count). The molecule has 1 aliphatic rings. The van der Waals surface area contributed by atoms with Crippen molar-refractivity contribution < 1.29 is 9.52 Å². The third kappa shape index (κ3) is 3.29. The summed E-state index contributed by atoms with van der Waals surface area (Å²) >= 11 is 0. The molecule has 1 N–H and O–H groups in total. The lowest BCUT2D eigenvalue weighted by Gasteiger charge is -2.33. The average Bonchev–Trinajstić information content (AvgIpc) is 2.75.